The molecule has 0 unspecified atom stereocenters. The summed E-state index contributed by atoms with van der Waals surface area (Å²) in [6.07, 6.45) is 1.87. The summed E-state index contributed by atoms with van der Waals surface area (Å²) in [6.45, 7) is 0. The van der Waals surface area contributed by atoms with Crippen LogP contribution in [0, 0.1) is 3.70 Å². The van der Waals surface area contributed by atoms with Crippen molar-refractivity contribution in [2.45, 2.75) is 0 Å². The van der Waals surface area contributed by atoms with Gasteiger partial charge in [0.25, 0.3) is 0 Å². The maximum absolute atomic E-state index is 10.4. The van der Waals surface area contributed by atoms with E-state index >= 15 is 0 Å². The summed E-state index contributed by atoms with van der Waals surface area (Å²) in [7, 11) is 1.42. The first kappa shape index (κ1) is 9.17. The summed E-state index contributed by atoms with van der Waals surface area (Å²) in [5.41, 5.74) is 0. The molecule has 0 aliphatic rings. The molecule has 0 aliphatic carbocycles. The van der Waals surface area contributed by atoms with Gasteiger partial charge in [0.05, 0.1) is 12.4 Å². The first-order chi connectivity index (χ1) is 5.61. The molecular weight excluding hydrogens is 273 g/mol. The Bertz CT molecular complexity index is 287. The van der Waals surface area contributed by atoms with Gasteiger partial charge < -0.3 is 5.11 Å². The van der Waals surface area contributed by atoms with Crippen LogP contribution in [0.25, 0.3) is 0 Å². The standard InChI is InChI=1S/C6H6IN3O2/c1-10(6(11)12)5-3-8-4(7)2-9-5/h2-3H,1H3,(H,11,12). The second kappa shape index (κ2) is 3.65. The highest BCUT2D eigenvalue weighted by Crippen LogP contribution is 2.07. The smallest absolute Gasteiger partial charge is 0.412 e. The van der Waals surface area contributed by atoms with E-state index in [0.29, 0.717) is 5.82 Å². The highest BCUT2D eigenvalue weighted by atomic mass is 127. The van der Waals surface area contributed by atoms with Crippen molar-refractivity contribution in [3.05, 3.63) is 16.1 Å². The number of rotatable bonds is 1. The predicted molar refractivity (Wildman–Crippen MR) is 51.2 cm³/mol. The molecule has 0 saturated carbocycles. The molecule has 12 heavy (non-hydrogen) atoms. The van der Waals surface area contributed by atoms with Gasteiger partial charge in [-0.1, -0.05) is 0 Å². The second-order valence-corrected chi connectivity index (χ2v) is 3.14. The Morgan fingerprint density at radius 2 is 2.25 bits per heavy atom. The fourth-order valence-corrected chi connectivity index (χ4v) is 0.855. The number of hydrogen-bond acceptors (Lipinski definition) is 3. The fourth-order valence-electron chi connectivity index (χ4n) is 0.577. The molecular formula is C6H6IN3O2. The third-order valence-corrected chi connectivity index (χ3v) is 1.79. The van der Waals surface area contributed by atoms with Crippen LogP contribution in [0.5, 0.6) is 0 Å². The first-order valence-corrected chi connectivity index (χ1v) is 4.13. The Labute approximate surface area is 82.6 Å². The molecule has 1 aromatic heterocycles. The van der Waals surface area contributed by atoms with Gasteiger partial charge in [-0.15, -0.1) is 0 Å². The van der Waals surface area contributed by atoms with E-state index in [-0.39, 0.29) is 0 Å². The van der Waals surface area contributed by atoms with Crippen LogP contribution in [0.4, 0.5) is 10.6 Å². The SMILES string of the molecule is CN(C(=O)O)c1cnc(I)cn1. The predicted octanol–water partition coefficient (Wildman–Crippen LogP) is 1.20. The molecule has 1 N–H and O–H groups in total. The van der Waals surface area contributed by atoms with E-state index in [1.54, 1.807) is 0 Å². The monoisotopic (exact) mass is 279 g/mol. The largest absolute Gasteiger partial charge is 0.465 e. The van der Waals surface area contributed by atoms with Crippen LogP contribution >= 0.6 is 22.6 Å². The highest BCUT2D eigenvalue weighted by Gasteiger charge is 2.08. The molecule has 0 atom stereocenters. The minimum absolute atomic E-state index is 0.322. The summed E-state index contributed by atoms with van der Waals surface area (Å²) < 4.78 is 0.732. The average molecular weight is 279 g/mol. The van der Waals surface area contributed by atoms with Gasteiger partial charge in [0, 0.05) is 7.05 Å². The third-order valence-electron chi connectivity index (χ3n) is 1.24. The Kier molecular flexibility index (Phi) is 2.79. The Hall–Kier alpha value is -0.920. The minimum atomic E-state index is -1.05. The van der Waals surface area contributed by atoms with Gasteiger partial charge in [0.1, 0.15) is 3.70 Å². The molecule has 6 heteroatoms. The van der Waals surface area contributed by atoms with E-state index in [0.717, 1.165) is 8.60 Å². The summed E-state index contributed by atoms with van der Waals surface area (Å²) in [5, 5.41) is 8.56. The van der Waals surface area contributed by atoms with Gasteiger partial charge in [-0.05, 0) is 22.6 Å². The van der Waals surface area contributed by atoms with Gasteiger partial charge in [-0.2, -0.15) is 0 Å². The number of amides is 1. The number of carboxylic acid groups (broad SMARTS) is 1. The molecule has 0 saturated heterocycles. The van der Waals surface area contributed by atoms with E-state index in [4.69, 9.17) is 5.11 Å². The molecule has 0 fully saturated rings. The first-order valence-electron chi connectivity index (χ1n) is 3.05. The molecule has 5 nitrogen and oxygen atoms in total. The number of halogens is 1. The lowest BCUT2D eigenvalue weighted by molar-refractivity contribution is 0.203. The van der Waals surface area contributed by atoms with Crippen molar-refractivity contribution in [2.24, 2.45) is 0 Å². The van der Waals surface area contributed by atoms with Gasteiger partial charge in [-0.25, -0.2) is 14.8 Å². The Morgan fingerprint density at radius 3 is 2.67 bits per heavy atom. The quantitative estimate of drug-likeness (QED) is 0.784. The summed E-state index contributed by atoms with van der Waals surface area (Å²) in [5.74, 6) is 0.322. The lowest BCUT2D eigenvalue weighted by Crippen LogP contribution is -2.24. The van der Waals surface area contributed by atoms with Gasteiger partial charge in [0.15, 0.2) is 5.82 Å². The van der Waals surface area contributed by atoms with E-state index in [2.05, 4.69) is 9.97 Å². The zero-order valence-electron chi connectivity index (χ0n) is 6.23. The Balaban J connectivity index is 2.89. The van der Waals surface area contributed by atoms with Crippen molar-refractivity contribution < 1.29 is 9.90 Å². The summed E-state index contributed by atoms with van der Waals surface area (Å²) in [4.78, 5) is 19.2. The van der Waals surface area contributed by atoms with Crippen LogP contribution in [0.2, 0.25) is 0 Å². The van der Waals surface area contributed by atoms with Gasteiger partial charge >= 0.3 is 6.09 Å². The molecule has 0 bridgehead atoms. The molecule has 1 heterocycles. The van der Waals surface area contributed by atoms with E-state index in [1.165, 1.54) is 19.4 Å². The van der Waals surface area contributed by atoms with E-state index in [9.17, 15) is 4.79 Å². The summed E-state index contributed by atoms with van der Waals surface area (Å²) >= 11 is 2.00. The Morgan fingerprint density at radius 1 is 1.58 bits per heavy atom. The van der Waals surface area contributed by atoms with Gasteiger partial charge in [-0.3, -0.25) is 4.90 Å². The van der Waals surface area contributed by atoms with E-state index < -0.39 is 6.09 Å². The van der Waals surface area contributed by atoms with Gasteiger partial charge in [0.2, 0.25) is 0 Å². The van der Waals surface area contributed by atoms with Crippen molar-refractivity contribution in [3.8, 4) is 0 Å². The topological polar surface area (TPSA) is 66.3 Å². The van der Waals surface area contributed by atoms with Crippen molar-refractivity contribution >= 4 is 34.5 Å². The maximum atomic E-state index is 10.4. The fraction of sp³-hybridized carbons (Fsp3) is 0.167. The lowest BCUT2D eigenvalue weighted by atomic mass is 10.6. The highest BCUT2D eigenvalue weighted by molar-refractivity contribution is 14.1. The lowest BCUT2D eigenvalue weighted by Gasteiger charge is -2.10. The van der Waals surface area contributed by atoms with Crippen molar-refractivity contribution in [1.82, 2.24) is 9.97 Å². The second-order valence-electron chi connectivity index (χ2n) is 2.04. The van der Waals surface area contributed by atoms with Crippen LogP contribution in [-0.2, 0) is 0 Å². The molecule has 0 aliphatic heterocycles. The number of aromatic nitrogens is 2. The van der Waals surface area contributed by atoms with Crippen molar-refractivity contribution in [2.75, 3.05) is 11.9 Å². The molecule has 1 amide bonds. The summed E-state index contributed by atoms with van der Waals surface area (Å²) in [6, 6.07) is 0. The van der Waals surface area contributed by atoms with Crippen molar-refractivity contribution in [3.63, 3.8) is 0 Å². The van der Waals surface area contributed by atoms with Crippen LogP contribution < -0.4 is 4.90 Å². The number of carbonyl (C=O) groups is 1. The zero-order valence-corrected chi connectivity index (χ0v) is 8.39. The van der Waals surface area contributed by atoms with E-state index in [1.807, 2.05) is 22.6 Å². The van der Waals surface area contributed by atoms with Crippen LogP contribution in [0.15, 0.2) is 12.4 Å². The minimum Gasteiger partial charge on any atom is -0.465 e. The third kappa shape index (κ3) is 2.03. The molecule has 0 spiro atoms. The average Bonchev–Trinajstić information content (AvgIpc) is 2.04. The van der Waals surface area contributed by atoms with Crippen LogP contribution in [0.1, 0.15) is 0 Å². The molecule has 0 radical (unpaired) electrons. The number of anilines is 1. The zero-order chi connectivity index (χ0) is 9.14. The maximum Gasteiger partial charge on any atom is 0.412 e. The normalized spacial score (nSPS) is 9.50. The van der Waals surface area contributed by atoms with Crippen molar-refractivity contribution in [1.29, 1.82) is 0 Å². The molecule has 0 aromatic carbocycles. The molecule has 64 valence electrons. The van der Waals surface area contributed by atoms with Crippen LogP contribution in [0.3, 0.4) is 0 Å². The molecule has 1 aromatic rings. The molecule has 1 rings (SSSR count). The number of hydrogen-bond donors (Lipinski definition) is 1. The van der Waals surface area contributed by atoms with Crippen LogP contribution in [-0.4, -0.2) is 28.2 Å². The number of nitrogens with zero attached hydrogens (tertiary/aromatic N) is 3.